The lowest BCUT2D eigenvalue weighted by molar-refractivity contribution is -0.121. The molecular formula is C12H22BrNO2. The molecule has 0 aromatic heterocycles. The van der Waals surface area contributed by atoms with Crippen LogP contribution in [-0.4, -0.2) is 29.0 Å². The summed E-state index contributed by atoms with van der Waals surface area (Å²) in [5.41, 5.74) is 0. The van der Waals surface area contributed by atoms with Crippen LogP contribution in [0.1, 0.15) is 44.9 Å². The van der Waals surface area contributed by atoms with Crippen molar-refractivity contribution in [3.05, 3.63) is 0 Å². The monoisotopic (exact) mass is 291 g/mol. The Kier molecular flexibility index (Phi) is 7.05. The average molecular weight is 292 g/mol. The highest BCUT2D eigenvalue weighted by molar-refractivity contribution is 9.09. The third-order valence-corrected chi connectivity index (χ3v) is 3.78. The molecule has 1 amide bonds. The van der Waals surface area contributed by atoms with Crippen molar-refractivity contribution >= 4 is 21.8 Å². The summed E-state index contributed by atoms with van der Waals surface area (Å²) in [7, 11) is 0. The maximum Gasteiger partial charge on any atom is 0.220 e. The van der Waals surface area contributed by atoms with Crippen LogP contribution in [-0.2, 0) is 4.79 Å². The van der Waals surface area contributed by atoms with E-state index in [0.29, 0.717) is 13.0 Å². The SMILES string of the molecule is O=C(CCCCBr)NCC1CCCCC1O. The van der Waals surface area contributed by atoms with Gasteiger partial charge in [-0.25, -0.2) is 0 Å². The standard InChI is InChI=1S/C12H22BrNO2/c13-8-4-3-7-12(16)14-9-10-5-1-2-6-11(10)15/h10-11,15H,1-9H2,(H,14,16). The van der Waals surface area contributed by atoms with E-state index in [4.69, 9.17) is 0 Å². The molecule has 0 aliphatic heterocycles. The highest BCUT2D eigenvalue weighted by atomic mass is 79.9. The first-order valence-corrected chi connectivity index (χ1v) is 7.37. The van der Waals surface area contributed by atoms with Gasteiger partial charge in [0.2, 0.25) is 5.91 Å². The molecule has 0 heterocycles. The molecule has 1 aliphatic rings. The van der Waals surface area contributed by atoms with Crippen molar-refractivity contribution in [3.63, 3.8) is 0 Å². The lowest BCUT2D eigenvalue weighted by Gasteiger charge is -2.27. The number of amides is 1. The Morgan fingerprint density at radius 3 is 2.75 bits per heavy atom. The predicted molar refractivity (Wildman–Crippen MR) is 68.6 cm³/mol. The summed E-state index contributed by atoms with van der Waals surface area (Å²) in [4.78, 5) is 11.5. The van der Waals surface area contributed by atoms with Crippen molar-refractivity contribution in [1.82, 2.24) is 5.32 Å². The van der Waals surface area contributed by atoms with Crippen molar-refractivity contribution in [2.45, 2.75) is 51.0 Å². The number of aliphatic hydroxyl groups excluding tert-OH is 1. The molecule has 0 radical (unpaired) electrons. The molecule has 0 aromatic rings. The topological polar surface area (TPSA) is 49.3 Å². The zero-order valence-electron chi connectivity index (χ0n) is 9.75. The molecule has 0 saturated heterocycles. The quantitative estimate of drug-likeness (QED) is 0.582. The highest BCUT2D eigenvalue weighted by Gasteiger charge is 2.22. The minimum Gasteiger partial charge on any atom is -0.393 e. The van der Waals surface area contributed by atoms with E-state index in [9.17, 15) is 9.90 Å². The number of halogens is 1. The number of carbonyl (C=O) groups is 1. The number of carbonyl (C=O) groups excluding carboxylic acids is 1. The molecule has 2 unspecified atom stereocenters. The number of unbranched alkanes of at least 4 members (excludes halogenated alkanes) is 1. The van der Waals surface area contributed by atoms with Crippen LogP contribution in [0.4, 0.5) is 0 Å². The van der Waals surface area contributed by atoms with Crippen LogP contribution in [0, 0.1) is 5.92 Å². The Morgan fingerprint density at radius 2 is 2.06 bits per heavy atom. The summed E-state index contributed by atoms with van der Waals surface area (Å²) >= 11 is 3.34. The van der Waals surface area contributed by atoms with Crippen molar-refractivity contribution < 1.29 is 9.90 Å². The highest BCUT2D eigenvalue weighted by Crippen LogP contribution is 2.23. The van der Waals surface area contributed by atoms with E-state index in [0.717, 1.165) is 37.4 Å². The van der Waals surface area contributed by atoms with Gasteiger partial charge in [-0.05, 0) is 25.7 Å². The second kappa shape index (κ2) is 8.07. The van der Waals surface area contributed by atoms with Gasteiger partial charge < -0.3 is 10.4 Å². The summed E-state index contributed by atoms with van der Waals surface area (Å²) in [5.74, 6) is 0.396. The molecule has 2 N–H and O–H groups in total. The number of rotatable bonds is 6. The van der Waals surface area contributed by atoms with Gasteiger partial charge in [0.25, 0.3) is 0 Å². The maximum atomic E-state index is 11.5. The molecule has 1 saturated carbocycles. The zero-order chi connectivity index (χ0) is 11.8. The summed E-state index contributed by atoms with van der Waals surface area (Å²) in [6.07, 6.45) is 6.61. The first-order chi connectivity index (χ1) is 7.74. The fourth-order valence-corrected chi connectivity index (χ4v) is 2.54. The van der Waals surface area contributed by atoms with Crippen LogP contribution < -0.4 is 5.32 Å². The number of nitrogens with one attached hydrogen (secondary N) is 1. The Morgan fingerprint density at radius 1 is 1.31 bits per heavy atom. The Hall–Kier alpha value is -0.0900. The van der Waals surface area contributed by atoms with Crippen molar-refractivity contribution in [2.24, 2.45) is 5.92 Å². The largest absolute Gasteiger partial charge is 0.393 e. The molecule has 1 aliphatic carbocycles. The Labute approximate surface area is 106 Å². The molecule has 94 valence electrons. The fourth-order valence-electron chi connectivity index (χ4n) is 2.14. The van der Waals surface area contributed by atoms with Gasteiger partial charge in [-0.15, -0.1) is 0 Å². The van der Waals surface area contributed by atoms with E-state index < -0.39 is 0 Å². The maximum absolute atomic E-state index is 11.5. The van der Waals surface area contributed by atoms with Crippen molar-refractivity contribution in [1.29, 1.82) is 0 Å². The molecule has 16 heavy (non-hydrogen) atoms. The molecule has 0 aromatic carbocycles. The number of aliphatic hydroxyl groups is 1. The Balaban J connectivity index is 2.10. The van der Waals surface area contributed by atoms with Gasteiger partial charge in [-0.3, -0.25) is 4.79 Å². The van der Waals surface area contributed by atoms with Crippen molar-refractivity contribution in [3.8, 4) is 0 Å². The van der Waals surface area contributed by atoms with Crippen LogP contribution in [0.2, 0.25) is 0 Å². The molecule has 2 atom stereocenters. The molecule has 3 nitrogen and oxygen atoms in total. The number of hydrogen-bond acceptors (Lipinski definition) is 2. The van der Waals surface area contributed by atoms with Gasteiger partial charge in [0.1, 0.15) is 0 Å². The van der Waals surface area contributed by atoms with Gasteiger partial charge in [0.15, 0.2) is 0 Å². The number of hydrogen-bond donors (Lipinski definition) is 2. The van der Waals surface area contributed by atoms with E-state index in [2.05, 4.69) is 21.2 Å². The van der Waals surface area contributed by atoms with E-state index >= 15 is 0 Å². The second-order valence-corrected chi connectivity index (χ2v) is 5.36. The van der Waals surface area contributed by atoms with Gasteiger partial charge in [0, 0.05) is 24.2 Å². The average Bonchev–Trinajstić information content (AvgIpc) is 2.28. The lowest BCUT2D eigenvalue weighted by Crippen LogP contribution is -2.36. The lowest BCUT2D eigenvalue weighted by atomic mass is 9.86. The predicted octanol–water partition coefficient (Wildman–Crippen LogP) is 2.22. The van der Waals surface area contributed by atoms with Gasteiger partial charge in [0.05, 0.1) is 6.10 Å². The third-order valence-electron chi connectivity index (χ3n) is 3.22. The molecule has 1 fully saturated rings. The third kappa shape index (κ3) is 5.30. The zero-order valence-corrected chi connectivity index (χ0v) is 11.3. The number of alkyl halides is 1. The van der Waals surface area contributed by atoms with Crippen LogP contribution in [0.25, 0.3) is 0 Å². The molecule has 1 rings (SSSR count). The smallest absolute Gasteiger partial charge is 0.220 e. The van der Waals surface area contributed by atoms with Crippen LogP contribution >= 0.6 is 15.9 Å². The van der Waals surface area contributed by atoms with Gasteiger partial charge in [-0.2, -0.15) is 0 Å². The molecular weight excluding hydrogens is 270 g/mol. The molecule has 0 spiro atoms. The molecule has 4 heteroatoms. The minimum absolute atomic E-state index is 0.124. The van der Waals surface area contributed by atoms with Crippen LogP contribution in [0.5, 0.6) is 0 Å². The van der Waals surface area contributed by atoms with Crippen LogP contribution in [0.15, 0.2) is 0 Å². The summed E-state index contributed by atoms with van der Waals surface area (Å²) in [5, 5.41) is 13.6. The molecule has 0 bridgehead atoms. The summed E-state index contributed by atoms with van der Waals surface area (Å²) in [6.45, 7) is 0.647. The van der Waals surface area contributed by atoms with E-state index in [1.165, 1.54) is 6.42 Å². The first-order valence-electron chi connectivity index (χ1n) is 6.24. The van der Waals surface area contributed by atoms with E-state index in [1.807, 2.05) is 0 Å². The first kappa shape index (κ1) is 14.0. The Bertz CT molecular complexity index is 211. The summed E-state index contributed by atoms with van der Waals surface area (Å²) in [6, 6.07) is 0. The fraction of sp³-hybridized carbons (Fsp3) is 0.917. The van der Waals surface area contributed by atoms with E-state index in [1.54, 1.807) is 0 Å². The minimum atomic E-state index is -0.211. The normalized spacial score (nSPS) is 25.4. The van der Waals surface area contributed by atoms with Gasteiger partial charge >= 0.3 is 0 Å². The van der Waals surface area contributed by atoms with E-state index in [-0.39, 0.29) is 17.9 Å². The van der Waals surface area contributed by atoms with Crippen molar-refractivity contribution in [2.75, 3.05) is 11.9 Å². The van der Waals surface area contributed by atoms with Gasteiger partial charge in [-0.1, -0.05) is 28.8 Å². The summed E-state index contributed by atoms with van der Waals surface area (Å²) < 4.78 is 0. The van der Waals surface area contributed by atoms with Crippen LogP contribution in [0.3, 0.4) is 0 Å². The second-order valence-electron chi connectivity index (χ2n) is 4.56.